The monoisotopic (exact) mass is 906 g/mol. The Morgan fingerprint density at radius 2 is 1.83 bits per heavy atom. The molecular formula is C51H67N7O8. The second kappa shape index (κ2) is 19.6. The first-order valence-corrected chi connectivity index (χ1v) is 23.4. The molecule has 7 rings (SSSR count). The molecular weight excluding hydrogens is 839 g/mol. The number of aromatic hydroxyl groups is 1. The van der Waals surface area contributed by atoms with E-state index in [2.05, 4.69) is 59.9 Å². The van der Waals surface area contributed by atoms with Crippen LogP contribution in [0.5, 0.6) is 5.75 Å². The van der Waals surface area contributed by atoms with Gasteiger partial charge in [0.2, 0.25) is 11.8 Å². The van der Waals surface area contributed by atoms with Crippen LogP contribution in [0.4, 0.5) is 0 Å². The molecule has 1 aliphatic carbocycles. The van der Waals surface area contributed by atoms with Crippen LogP contribution in [-0.4, -0.2) is 104 Å². The minimum atomic E-state index is -1.16. The van der Waals surface area contributed by atoms with Crippen LogP contribution in [0.15, 0.2) is 55.3 Å². The number of phenolic OH excluding ortho intramolecular Hbond substituents is 1. The molecule has 15 nitrogen and oxygen atoms in total. The van der Waals surface area contributed by atoms with Gasteiger partial charge in [-0.25, -0.2) is 5.43 Å². The Kier molecular flexibility index (Phi) is 14.3. The molecule has 2 fully saturated rings. The van der Waals surface area contributed by atoms with Crippen LogP contribution >= 0.6 is 0 Å². The number of benzene rings is 2. The average Bonchev–Trinajstić information content (AvgIpc) is 4.02. The van der Waals surface area contributed by atoms with E-state index in [1.807, 2.05) is 50.8 Å². The lowest BCUT2D eigenvalue weighted by Gasteiger charge is -2.37. The smallest absolute Gasteiger partial charge is 0.324 e. The first-order valence-electron chi connectivity index (χ1n) is 23.4. The van der Waals surface area contributed by atoms with Crippen LogP contribution < -0.4 is 10.7 Å². The number of rotatable bonds is 11. The van der Waals surface area contributed by atoms with Gasteiger partial charge < -0.3 is 29.4 Å². The zero-order valence-electron chi connectivity index (χ0n) is 40.0. The van der Waals surface area contributed by atoms with Gasteiger partial charge >= 0.3 is 5.97 Å². The Labute approximate surface area is 387 Å². The molecule has 2 aliphatic heterocycles. The van der Waals surface area contributed by atoms with E-state index >= 15 is 0 Å². The quantitative estimate of drug-likeness (QED) is 0.112. The van der Waals surface area contributed by atoms with Crippen molar-refractivity contribution in [2.24, 2.45) is 30.2 Å². The number of aryl methyl sites for hydroxylation is 2. The molecule has 1 saturated heterocycles. The summed E-state index contributed by atoms with van der Waals surface area (Å²) in [6.07, 6.45) is 5.93. The number of carbonyl (C=O) groups excluding carboxylic acids is 5. The average molecular weight is 906 g/mol. The van der Waals surface area contributed by atoms with Crippen LogP contribution in [0, 0.1) is 23.2 Å². The van der Waals surface area contributed by atoms with E-state index in [4.69, 9.17) is 9.47 Å². The molecule has 2 aromatic heterocycles. The van der Waals surface area contributed by atoms with Crippen molar-refractivity contribution in [2.75, 3.05) is 27.3 Å². The number of likely N-dealkylation sites (N-methyl/N-ethyl adjacent to an activating group) is 1. The van der Waals surface area contributed by atoms with Crippen molar-refractivity contribution < 1.29 is 38.6 Å². The molecule has 66 heavy (non-hydrogen) atoms. The summed E-state index contributed by atoms with van der Waals surface area (Å²) in [5.74, 6) is -2.82. The molecule has 3 aliphatic rings. The van der Waals surface area contributed by atoms with Crippen molar-refractivity contribution in [3.8, 4) is 28.1 Å². The number of nitrogens with one attached hydrogen (secondary N) is 2. The number of amides is 3. The third kappa shape index (κ3) is 9.69. The second-order valence-corrected chi connectivity index (χ2v) is 19.6. The topological polar surface area (TPSA) is 177 Å². The molecule has 4 heterocycles. The highest BCUT2D eigenvalue weighted by atomic mass is 16.5. The Bertz CT molecular complexity index is 2520. The van der Waals surface area contributed by atoms with Crippen LogP contribution in [0.25, 0.3) is 33.3 Å². The van der Waals surface area contributed by atoms with Crippen molar-refractivity contribution >= 4 is 40.4 Å². The van der Waals surface area contributed by atoms with Crippen molar-refractivity contribution in [3.63, 3.8) is 0 Å². The fourth-order valence-corrected chi connectivity index (χ4v) is 10.5. The van der Waals surface area contributed by atoms with Gasteiger partial charge in [0, 0.05) is 74.4 Å². The number of methoxy groups -OCH3 is 1. The van der Waals surface area contributed by atoms with Gasteiger partial charge in [0.1, 0.15) is 23.9 Å². The largest absolute Gasteiger partial charge is 0.508 e. The van der Waals surface area contributed by atoms with Crippen molar-refractivity contribution in [3.05, 3.63) is 72.1 Å². The van der Waals surface area contributed by atoms with Gasteiger partial charge in [-0.1, -0.05) is 46.4 Å². The lowest BCUT2D eigenvalue weighted by atomic mass is 9.84. The van der Waals surface area contributed by atoms with Crippen molar-refractivity contribution in [1.29, 1.82) is 0 Å². The predicted molar refractivity (Wildman–Crippen MR) is 252 cm³/mol. The zero-order valence-corrected chi connectivity index (χ0v) is 40.0. The Balaban J connectivity index is 1.31. The van der Waals surface area contributed by atoms with Gasteiger partial charge in [-0.2, -0.15) is 5.10 Å². The van der Waals surface area contributed by atoms with Gasteiger partial charge in [-0.05, 0) is 111 Å². The van der Waals surface area contributed by atoms with Gasteiger partial charge in [0.05, 0.1) is 30.3 Å². The molecule has 1 unspecified atom stereocenters. The van der Waals surface area contributed by atoms with Gasteiger partial charge in [-0.15, -0.1) is 0 Å². The minimum Gasteiger partial charge on any atom is -0.508 e. The molecule has 4 aromatic rings. The predicted octanol–water partition coefficient (Wildman–Crippen LogP) is 6.44. The Morgan fingerprint density at radius 3 is 2.53 bits per heavy atom. The number of fused-ring (bicyclic) bond motifs is 6. The van der Waals surface area contributed by atoms with Gasteiger partial charge in [0.25, 0.3) is 5.91 Å². The third-order valence-electron chi connectivity index (χ3n) is 13.9. The zero-order chi connectivity index (χ0) is 47.8. The van der Waals surface area contributed by atoms with E-state index in [1.54, 1.807) is 26.3 Å². The number of carbonyl (C=O) groups is 5. The van der Waals surface area contributed by atoms with Gasteiger partial charge in [0.15, 0.2) is 5.78 Å². The van der Waals surface area contributed by atoms with E-state index in [0.717, 1.165) is 44.5 Å². The number of cyclic esters (lactones) is 1. The number of hydrogen-bond donors (Lipinski definition) is 3. The van der Waals surface area contributed by atoms with E-state index in [1.165, 1.54) is 16.0 Å². The van der Waals surface area contributed by atoms with Crippen LogP contribution in [-0.2, 0) is 59.9 Å². The highest BCUT2D eigenvalue weighted by molar-refractivity contribution is 5.96. The standard InChI is InChI=1S/C51H67N7O8/c1-11-43(60)33-15-16-34(23-33)48(62)55(8)44(29(3)4)47(61)53-41-22-31-20-35(24-36(59)21-31)32-17-18-42-37(25-32)38(46(57(42)12-2)39-27-52-56(9)45(39)30(5)65-10)26-51(6,7)28-66-50(64)40-14-13-19-58(54-40)49(41)63/h11,17-18,20-21,24-25,27,29-30,33-34,40-41,44,54,59H,1,12-16,19,22-23,26,28H2,2-10H3,(H,53,61)/t30-,33?,34-,40-,41-,44-/m0/s1. The molecule has 6 bridgehead atoms. The van der Waals surface area contributed by atoms with Gasteiger partial charge in [-0.3, -0.25) is 33.7 Å². The number of allylic oxidation sites excluding steroid dienone is 1. The third-order valence-corrected chi connectivity index (χ3v) is 13.9. The highest BCUT2D eigenvalue weighted by Crippen LogP contribution is 2.43. The molecule has 2 aromatic carbocycles. The summed E-state index contributed by atoms with van der Waals surface area (Å²) in [7, 11) is 5.20. The molecule has 6 atom stereocenters. The van der Waals surface area contributed by atoms with Crippen LogP contribution in [0.1, 0.15) is 96.6 Å². The maximum atomic E-state index is 14.7. The number of hydrogen-bond acceptors (Lipinski definition) is 10. The minimum absolute atomic E-state index is 0.00474. The molecule has 3 amide bonds. The summed E-state index contributed by atoms with van der Waals surface area (Å²) < 4.78 is 16.1. The number of ketones is 1. The van der Waals surface area contributed by atoms with Crippen LogP contribution in [0.2, 0.25) is 0 Å². The number of phenols is 1. The molecule has 3 N–H and O–H groups in total. The summed E-state index contributed by atoms with van der Waals surface area (Å²) >= 11 is 0. The fraction of sp³-hybridized carbons (Fsp3) is 0.529. The Hall–Kier alpha value is -5.80. The number of ether oxygens (including phenoxy) is 2. The first kappa shape index (κ1) is 48.1. The summed E-state index contributed by atoms with van der Waals surface area (Å²) in [5, 5.41) is 21.4. The van der Waals surface area contributed by atoms with Crippen LogP contribution in [0.3, 0.4) is 0 Å². The lowest BCUT2D eigenvalue weighted by molar-refractivity contribution is -0.155. The first-order chi connectivity index (χ1) is 31.4. The van der Waals surface area contributed by atoms with Crippen molar-refractivity contribution in [2.45, 2.75) is 117 Å². The number of aromatic nitrogens is 3. The lowest BCUT2D eigenvalue weighted by Crippen LogP contribution is -2.62. The van der Waals surface area contributed by atoms with E-state index in [9.17, 15) is 29.1 Å². The number of esters is 1. The maximum Gasteiger partial charge on any atom is 0.324 e. The normalized spacial score (nSPS) is 22.1. The molecule has 0 radical (unpaired) electrons. The summed E-state index contributed by atoms with van der Waals surface area (Å²) in [5.41, 5.74) is 9.68. The molecule has 354 valence electrons. The Morgan fingerprint density at radius 1 is 1.09 bits per heavy atom. The summed E-state index contributed by atoms with van der Waals surface area (Å²) in [6, 6.07) is 8.55. The highest BCUT2D eigenvalue weighted by Gasteiger charge is 2.41. The maximum absolute atomic E-state index is 14.7. The summed E-state index contributed by atoms with van der Waals surface area (Å²) in [6.45, 7) is 16.6. The SMILES string of the molecule is C=CC(=O)C1CC[C@H](C(=O)N(C)[C@H](C(=O)N[C@H]2Cc3cc(O)cc(c3)-c3ccc4c(c3)c(c(-c3cnn(C)c3[C@H](C)OC)n4CC)CC(C)(C)COC(=O)[C@@H]3CCCN(N3)C2=O)C(C)C)C1. The van der Waals surface area contributed by atoms with E-state index < -0.39 is 47.2 Å². The molecule has 1 saturated carbocycles. The molecule has 15 heteroatoms. The number of nitrogens with zero attached hydrogens (tertiary/aromatic N) is 5. The van der Waals surface area contributed by atoms with E-state index in [-0.39, 0.29) is 55.0 Å². The van der Waals surface area contributed by atoms with Crippen molar-refractivity contribution in [1.82, 2.24) is 35.0 Å². The second-order valence-electron chi connectivity index (χ2n) is 19.6. The summed E-state index contributed by atoms with van der Waals surface area (Å²) in [4.78, 5) is 70.9. The molecule has 0 spiro atoms. The fourth-order valence-electron chi connectivity index (χ4n) is 10.5. The number of hydrazine groups is 1. The van der Waals surface area contributed by atoms with E-state index in [0.29, 0.717) is 50.6 Å².